The van der Waals surface area contributed by atoms with E-state index >= 15 is 0 Å². The molecule has 1 saturated carbocycles. The Labute approximate surface area is 143 Å². The number of anilines is 1. The zero-order valence-corrected chi connectivity index (χ0v) is 14.8. The molecule has 1 aromatic carbocycles. The first kappa shape index (κ1) is 18.5. The molecule has 5 heteroatoms. The van der Waals surface area contributed by atoms with E-state index in [0.717, 1.165) is 12.8 Å². The maximum atomic E-state index is 11.9. The molecular weight excluding hydrogens is 304 g/mol. The van der Waals surface area contributed by atoms with Gasteiger partial charge in [-0.05, 0) is 49.1 Å². The van der Waals surface area contributed by atoms with Gasteiger partial charge in [-0.1, -0.05) is 39.0 Å². The number of rotatable bonds is 3. The van der Waals surface area contributed by atoms with E-state index in [1.165, 1.54) is 0 Å². The minimum atomic E-state index is -0.912. The second-order valence-electron chi connectivity index (χ2n) is 7.87. The van der Waals surface area contributed by atoms with Gasteiger partial charge in [-0.3, -0.25) is 9.59 Å². The van der Waals surface area contributed by atoms with Gasteiger partial charge in [0, 0.05) is 12.2 Å². The first-order chi connectivity index (χ1) is 11.2. The van der Waals surface area contributed by atoms with Crippen LogP contribution in [-0.2, 0) is 9.59 Å². The van der Waals surface area contributed by atoms with Crippen molar-refractivity contribution in [2.24, 2.45) is 11.3 Å². The highest BCUT2D eigenvalue weighted by atomic mass is 16.3. The van der Waals surface area contributed by atoms with Gasteiger partial charge in [0.2, 0.25) is 0 Å². The van der Waals surface area contributed by atoms with Crippen LogP contribution in [0.1, 0.15) is 46.5 Å². The van der Waals surface area contributed by atoms with Crippen molar-refractivity contribution in [2.75, 3.05) is 11.9 Å². The average molecular weight is 332 g/mol. The highest BCUT2D eigenvalue weighted by Crippen LogP contribution is 2.41. The van der Waals surface area contributed by atoms with Gasteiger partial charge < -0.3 is 15.7 Å². The fourth-order valence-corrected chi connectivity index (χ4v) is 3.23. The lowest BCUT2D eigenvalue weighted by Crippen LogP contribution is -2.48. The lowest BCUT2D eigenvalue weighted by molar-refractivity contribution is -0.137. The van der Waals surface area contributed by atoms with Crippen LogP contribution in [0, 0.1) is 11.3 Å². The fourth-order valence-electron chi connectivity index (χ4n) is 3.23. The molecule has 2 rings (SSSR count). The molecule has 0 heterocycles. The third kappa shape index (κ3) is 5.06. The van der Waals surface area contributed by atoms with Crippen molar-refractivity contribution in [3.8, 4) is 0 Å². The third-order valence-electron chi connectivity index (χ3n) is 4.96. The molecule has 0 bridgehead atoms. The Morgan fingerprint density at radius 1 is 1.12 bits per heavy atom. The number of amides is 2. The van der Waals surface area contributed by atoms with Crippen LogP contribution in [0.2, 0.25) is 0 Å². The standard InChI is InChI=1S/C19H28N2O3/c1-18(2,3)14-9-11-19(24,12-10-14)13-20-16(22)17(23)21-15-7-5-4-6-8-15/h4-8,14,24H,9-13H2,1-3H3,(H,20,22)(H,21,23). The van der Waals surface area contributed by atoms with Gasteiger partial charge in [-0.2, -0.15) is 0 Å². The smallest absolute Gasteiger partial charge is 0.313 e. The van der Waals surface area contributed by atoms with Crippen LogP contribution in [0.15, 0.2) is 30.3 Å². The first-order valence-electron chi connectivity index (χ1n) is 8.56. The summed E-state index contributed by atoms with van der Waals surface area (Å²) in [6, 6.07) is 8.83. The summed E-state index contributed by atoms with van der Waals surface area (Å²) in [7, 11) is 0. The van der Waals surface area contributed by atoms with Crippen LogP contribution in [0.4, 0.5) is 5.69 Å². The van der Waals surface area contributed by atoms with Gasteiger partial charge in [0.05, 0.1) is 5.60 Å². The van der Waals surface area contributed by atoms with E-state index in [1.807, 2.05) is 6.07 Å². The molecule has 0 spiro atoms. The minimum Gasteiger partial charge on any atom is -0.388 e. The number of nitrogens with one attached hydrogen (secondary N) is 2. The monoisotopic (exact) mass is 332 g/mol. The molecule has 1 aliphatic carbocycles. The Balaban J connectivity index is 1.80. The fraction of sp³-hybridized carbons (Fsp3) is 0.579. The molecule has 0 radical (unpaired) electrons. The van der Waals surface area contributed by atoms with Gasteiger partial charge in [0.1, 0.15) is 0 Å². The number of para-hydroxylation sites is 1. The summed E-state index contributed by atoms with van der Waals surface area (Å²) < 4.78 is 0. The number of hydrogen-bond acceptors (Lipinski definition) is 3. The summed E-state index contributed by atoms with van der Waals surface area (Å²) >= 11 is 0. The van der Waals surface area contributed by atoms with Crippen LogP contribution in [0.25, 0.3) is 0 Å². The SMILES string of the molecule is CC(C)(C)C1CCC(O)(CNC(=O)C(=O)Nc2ccccc2)CC1. The molecule has 0 atom stereocenters. The van der Waals surface area contributed by atoms with E-state index in [1.54, 1.807) is 24.3 Å². The van der Waals surface area contributed by atoms with Gasteiger partial charge in [0.25, 0.3) is 0 Å². The Kier molecular flexibility index (Phi) is 5.65. The molecule has 0 aliphatic heterocycles. The summed E-state index contributed by atoms with van der Waals surface area (Å²) in [6.07, 6.45) is 3.17. The van der Waals surface area contributed by atoms with Gasteiger partial charge >= 0.3 is 11.8 Å². The molecular formula is C19H28N2O3. The summed E-state index contributed by atoms with van der Waals surface area (Å²) in [6.45, 7) is 6.78. The second kappa shape index (κ2) is 7.34. The van der Waals surface area contributed by atoms with Gasteiger partial charge in [-0.15, -0.1) is 0 Å². The van der Waals surface area contributed by atoms with Crippen molar-refractivity contribution >= 4 is 17.5 Å². The molecule has 1 aromatic rings. The summed E-state index contributed by atoms with van der Waals surface area (Å²) in [5.74, 6) is -0.853. The first-order valence-corrected chi connectivity index (χ1v) is 8.56. The molecule has 0 aromatic heterocycles. The molecule has 3 N–H and O–H groups in total. The number of hydrogen-bond donors (Lipinski definition) is 3. The minimum absolute atomic E-state index is 0.116. The Morgan fingerprint density at radius 2 is 1.71 bits per heavy atom. The van der Waals surface area contributed by atoms with Crippen LogP contribution < -0.4 is 10.6 Å². The van der Waals surface area contributed by atoms with Crippen LogP contribution in [0.3, 0.4) is 0 Å². The molecule has 2 amide bonds. The molecule has 0 unspecified atom stereocenters. The van der Waals surface area contributed by atoms with E-state index in [-0.39, 0.29) is 12.0 Å². The average Bonchev–Trinajstić information content (AvgIpc) is 2.53. The van der Waals surface area contributed by atoms with Crippen LogP contribution in [0.5, 0.6) is 0 Å². The van der Waals surface area contributed by atoms with E-state index in [2.05, 4.69) is 31.4 Å². The van der Waals surface area contributed by atoms with E-state index in [9.17, 15) is 14.7 Å². The summed E-state index contributed by atoms with van der Waals surface area (Å²) in [5, 5.41) is 15.7. The normalized spacial score (nSPS) is 24.2. The number of aliphatic hydroxyl groups is 1. The van der Waals surface area contributed by atoms with Crippen LogP contribution in [-0.4, -0.2) is 29.1 Å². The van der Waals surface area contributed by atoms with Crippen molar-refractivity contribution in [3.05, 3.63) is 30.3 Å². The molecule has 1 fully saturated rings. The number of carbonyl (C=O) groups excluding carboxylic acids is 2. The Hall–Kier alpha value is -1.88. The van der Waals surface area contributed by atoms with Gasteiger partial charge in [-0.25, -0.2) is 0 Å². The molecule has 1 aliphatic rings. The quantitative estimate of drug-likeness (QED) is 0.745. The zero-order valence-electron chi connectivity index (χ0n) is 14.8. The topological polar surface area (TPSA) is 78.4 Å². The largest absolute Gasteiger partial charge is 0.388 e. The van der Waals surface area contributed by atoms with Crippen molar-refractivity contribution in [3.63, 3.8) is 0 Å². The highest BCUT2D eigenvalue weighted by Gasteiger charge is 2.37. The molecule has 0 saturated heterocycles. The second-order valence-corrected chi connectivity index (χ2v) is 7.87. The summed E-state index contributed by atoms with van der Waals surface area (Å²) in [4.78, 5) is 23.8. The number of benzene rings is 1. The maximum Gasteiger partial charge on any atom is 0.313 e. The lowest BCUT2D eigenvalue weighted by Gasteiger charge is -2.41. The van der Waals surface area contributed by atoms with Crippen LogP contribution >= 0.6 is 0 Å². The van der Waals surface area contributed by atoms with Crippen molar-refractivity contribution in [2.45, 2.75) is 52.1 Å². The lowest BCUT2D eigenvalue weighted by atomic mass is 9.68. The van der Waals surface area contributed by atoms with E-state index in [0.29, 0.717) is 24.4 Å². The zero-order chi connectivity index (χ0) is 17.8. The van der Waals surface area contributed by atoms with Crippen molar-refractivity contribution < 1.29 is 14.7 Å². The molecule has 5 nitrogen and oxygen atoms in total. The van der Waals surface area contributed by atoms with E-state index in [4.69, 9.17) is 0 Å². The third-order valence-corrected chi connectivity index (χ3v) is 4.96. The maximum absolute atomic E-state index is 11.9. The molecule has 24 heavy (non-hydrogen) atoms. The number of carbonyl (C=O) groups is 2. The Morgan fingerprint density at radius 3 is 2.25 bits per heavy atom. The van der Waals surface area contributed by atoms with Crippen molar-refractivity contribution in [1.29, 1.82) is 0 Å². The van der Waals surface area contributed by atoms with E-state index < -0.39 is 17.4 Å². The highest BCUT2D eigenvalue weighted by molar-refractivity contribution is 6.39. The summed E-state index contributed by atoms with van der Waals surface area (Å²) in [5.41, 5.74) is -0.105. The molecule has 132 valence electrons. The Bertz CT molecular complexity index is 570. The predicted molar refractivity (Wildman–Crippen MR) is 94.4 cm³/mol. The predicted octanol–water partition coefficient (Wildman–Crippen LogP) is 2.71. The van der Waals surface area contributed by atoms with Crippen molar-refractivity contribution in [1.82, 2.24) is 5.32 Å². The van der Waals surface area contributed by atoms with Gasteiger partial charge in [0.15, 0.2) is 0 Å².